The molecule has 1 aromatic rings. The average Bonchev–Trinajstić information content (AvgIpc) is 2.43. The van der Waals surface area contributed by atoms with Gasteiger partial charge in [0.05, 0.1) is 6.04 Å². The quantitative estimate of drug-likeness (QED) is 0.661. The Hall–Kier alpha value is -1.66. The summed E-state index contributed by atoms with van der Waals surface area (Å²) in [4.78, 5) is 23.3. The molecule has 0 saturated carbocycles. The fourth-order valence-electron chi connectivity index (χ4n) is 1.81. The van der Waals surface area contributed by atoms with Gasteiger partial charge in [-0.25, -0.2) is 4.39 Å². The molecule has 0 radical (unpaired) electrons. The summed E-state index contributed by atoms with van der Waals surface area (Å²) in [6, 6.07) is 4.73. The maximum atomic E-state index is 12.7. The van der Waals surface area contributed by atoms with E-state index in [0.717, 1.165) is 0 Å². The maximum absolute atomic E-state index is 12.7. The molecule has 1 aromatic carbocycles. The third-order valence-electron chi connectivity index (χ3n) is 2.88. The van der Waals surface area contributed by atoms with Crippen LogP contribution >= 0.6 is 12.4 Å². The van der Waals surface area contributed by atoms with E-state index in [9.17, 15) is 14.0 Å². The first kappa shape index (κ1) is 20.3. The summed E-state index contributed by atoms with van der Waals surface area (Å²) in [6.07, 6.45) is 0.619. The van der Waals surface area contributed by atoms with Crippen LogP contribution in [0.3, 0.4) is 0 Å². The fraction of sp³-hybridized carbons (Fsp3) is 0.467. The lowest BCUT2D eigenvalue weighted by Crippen LogP contribution is -2.44. The molecule has 0 bridgehead atoms. The molecule has 0 unspecified atom stereocenters. The molecule has 124 valence electrons. The average molecular weight is 332 g/mol. The molecular formula is C15H23ClFN3O2. The lowest BCUT2D eigenvalue weighted by atomic mass is 10.0. The molecule has 5 nitrogen and oxygen atoms in total. The molecule has 0 saturated heterocycles. The van der Waals surface area contributed by atoms with E-state index < -0.39 is 11.9 Å². The highest BCUT2D eigenvalue weighted by Gasteiger charge is 2.14. The summed E-state index contributed by atoms with van der Waals surface area (Å²) in [6.45, 7) is 4.58. The van der Waals surface area contributed by atoms with Crippen LogP contribution in [0.2, 0.25) is 0 Å². The molecule has 4 N–H and O–H groups in total. The molecule has 0 aliphatic rings. The van der Waals surface area contributed by atoms with Gasteiger partial charge in [0.15, 0.2) is 0 Å². The van der Waals surface area contributed by atoms with E-state index in [1.54, 1.807) is 0 Å². The number of nitrogens with one attached hydrogen (secondary N) is 2. The molecule has 0 spiro atoms. The van der Waals surface area contributed by atoms with Crippen LogP contribution in [0, 0.1) is 11.7 Å². The summed E-state index contributed by atoms with van der Waals surface area (Å²) in [7, 11) is 0. The number of hydrogen-bond acceptors (Lipinski definition) is 3. The van der Waals surface area contributed by atoms with Crippen molar-refractivity contribution in [2.75, 3.05) is 13.1 Å². The zero-order valence-electron chi connectivity index (χ0n) is 12.8. The van der Waals surface area contributed by atoms with Gasteiger partial charge in [-0.05, 0) is 36.6 Å². The normalized spacial score (nSPS) is 11.5. The van der Waals surface area contributed by atoms with Crippen molar-refractivity contribution in [3.63, 3.8) is 0 Å². The molecular weight excluding hydrogens is 309 g/mol. The number of rotatable bonds is 7. The van der Waals surface area contributed by atoms with Crippen LogP contribution in [-0.4, -0.2) is 30.9 Å². The second-order valence-corrected chi connectivity index (χ2v) is 5.29. The highest BCUT2D eigenvalue weighted by Crippen LogP contribution is 2.03. The van der Waals surface area contributed by atoms with E-state index in [2.05, 4.69) is 10.6 Å². The van der Waals surface area contributed by atoms with Crippen molar-refractivity contribution in [3.05, 3.63) is 35.6 Å². The number of carbonyl (C=O) groups is 2. The molecule has 0 aromatic heterocycles. The maximum Gasteiger partial charge on any atom is 0.251 e. The molecule has 1 rings (SSSR count). The summed E-state index contributed by atoms with van der Waals surface area (Å²) < 4.78 is 12.7. The van der Waals surface area contributed by atoms with Gasteiger partial charge in [-0.3, -0.25) is 9.59 Å². The van der Waals surface area contributed by atoms with Crippen molar-refractivity contribution in [2.45, 2.75) is 26.3 Å². The second-order valence-electron chi connectivity index (χ2n) is 5.29. The first-order valence-electron chi connectivity index (χ1n) is 6.97. The standard InChI is InChI=1S/C15H22FN3O2.ClH/c1-10(2)9-13(17)15(21)19-8-7-18-14(20)11-3-5-12(16)6-4-11;/h3-6,10,13H,7-9,17H2,1-2H3,(H,18,20)(H,19,21);1H/t13-;/m0./s1. The van der Waals surface area contributed by atoms with Crippen molar-refractivity contribution in [2.24, 2.45) is 11.7 Å². The highest BCUT2D eigenvalue weighted by molar-refractivity contribution is 5.94. The predicted octanol–water partition coefficient (Wildman–Crippen LogP) is 1.47. The minimum Gasteiger partial charge on any atom is -0.353 e. The Kier molecular flexibility index (Phi) is 9.37. The Morgan fingerprint density at radius 3 is 2.23 bits per heavy atom. The largest absolute Gasteiger partial charge is 0.353 e. The zero-order chi connectivity index (χ0) is 15.8. The number of amides is 2. The number of nitrogens with two attached hydrogens (primary N) is 1. The Bertz CT molecular complexity index is 480. The smallest absolute Gasteiger partial charge is 0.251 e. The van der Waals surface area contributed by atoms with E-state index in [1.807, 2.05) is 13.8 Å². The van der Waals surface area contributed by atoms with E-state index in [1.165, 1.54) is 24.3 Å². The topological polar surface area (TPSA) is 84.2 Å². The number of halogens is 2. The van der Waals surface area contributed by atoms with E-state index in [4.69, 9.17) is 5.73 Å². The van der Waals surface area contributed by atoms with Gasteiger partial charge in [-0.1, -0.05) is 13.8 Å². The molecule has 2 amide bonds. The van der Waals surface area contributed by atoms with Crippen LogP contribution in [0.4, 0.5) is 4.39 Å². The van der Waals surface area contributed by atoms with Crippen LogP contribution in [0.1, 0.15) is 30.6 Å². The van der Waals surface area contributed by atoms with Gasteiger partial charge in [0.1, 0.15) is 5.82 Å². The van der Waals surface area contributed by atoms with Crippen molar-refractivity contribution in [1.82, 2.24) is 10.6 Å². The molecule has 0 aliphatic carbocycles. The molecule has 0 fully saturated rings. The number of benzene rings is 1. The van der Waals surface area contributed by atoms with Crippen LogP contribution < -0.4 is 16.4 Å². The summed E-state index contributed by atoms with van der Waals surface area (Å²) in [5.74, 6) is -0.572. The van der Waals surface area contributed by atoms with E-state index in [0.29, 0.717) is 24.4 Å². The van der Waals surface area contributed by atoms with Gasteiger partial charge >= 0.3 is 0 Å². The van der Waals surface area contributed by atoms with Gasteiger partial charge in [-0.15, -0.1) is 12.4 Å². The molecule has 0 heterocycles. The molecule has 22 heavy (non-hydrogen) atoms. The Labute approximate surface area is 136 Å². The minimum atomic E-state index is -0.530. The summed E-state index contributed by atoms with van der Waals surface area (Å²) in [5, 5.41) is 5.30. The van der Waals surface area contributed by atoms with E-state index >= 15 is 0 Å². The van der Waals surface area contributed by atoms with Gasteiger partial charge in [-0.2, -0.15) is 0 Å². The fourth-order valence-corrected chi connectivity index (χ4v) is 1.81. The summed E-state index contributed by atoms with van der Waals surface area (Å²) in [5.41, 5.74) is 6.10. The molecule has 7 heteroatoms. The van der Waals surface area contributed by atoms with Gasteiger partial charge in [0.25, 0.3) is 5.91 Å². The Balaban J connectivity index is 0.00000441. The van der Waals surface area contributed by atoms with Gasteiger partial charge in [0.2, 0.25) is 5.91 Å². The van der Waals surface area contributed by atoms with Gasteiger partial charge in [0, 0.05) is 18.7 Å². The SMILES string of the molecule is CC(C)C[C@H](N)C(=O)NCCNC(=O)c1ccc(F)cc1.Cl. The Morgan fingerprint density at radius 2 is 1.68 bits per heavy atom. The predicted molar refractivity (Wildman–Crippen MR) is 86.4 cm³/mol. The number of carbonyl (C=O) groups excluding carboxylic acids is 2. The molecule has 1 atom stereocenters. The second kappa shape index (κ2) is 10.1. The third-order valence-corrected chi connectivity index (χ3v) is 2.88. The van der Waals surface area contributed by atoms with Crippen LogP contribution in [0.15, 0.2) is 24.3 Å². The van der Waals surface area contributed by atoms with Crippen LogP contribution in [0.5, 0.6) is 0 Å². The van der Waals surface area contributed by atoms with Crippen molar-refractivity contribution in [1.29, 1.82) is 0 Å². The number of hydrogen-bond donors (Lipinski definition) is 3. The molecule has 0 aliphatic heterocycles. The highest BCUT2D eigenvalue weighted by atomic mass is 35.5. The minimum absolute atomic E-state index is 0. The first-order valence-corrected chi connectivity index (χ1v) is 6.97. The lowest BCUT2D eigenvalue weighted by Gasteiger charge is -2.14. The first-order chi connectivity index (χ1) is 9.90. The monoisotopic (exact) mass is 331 g/mol. The Morgan fingerprint density at radius 1 is 1.14 bits per heavy atom. The van der Waals surface area contributed by atoms with Crippen LogP contribution in [0.25, 0.3) is 0 Å². The van der Waals surface area contributed by atoms with Crippen molar-refractivity contribution in [3.8, 4) is 0 Å². The lowest BCUT2D eigenvalue weighted by molar-refractivity contribution is -0.122. The van der Waals surface area contributed by atoms with Crippen LogP contribution in [-0.2, 0) is 4.79 Å². The van der Waals surface area contributed by atoms with Crippen molar-refractivity contribution >= 4 is 24.2 Å². The van der Waals surface area contributed by atoms with Gasteiger partial charge < -0.3 is 16.4 Å². The van der Waals surface area contributed by atoms with E-state index in [-0.39, 0.29) is 30.8 Å². The third kappa shape index (κ3) is 7.38. The summed E-state index contributed by atoms with van der Waals surface area (Å²) >= 11 is 0. The van der Waals surface area contributed by atoms with Crippen molar-refractivity contribution < 1.29 is 14.0 Å². The zero-order valence-corrected chi connectivity index (χ0v) is 13.6.